The molecule has 1 amide bonds. The van der Waals surface area contributed by atoms with Gasteiger partial charge in [-0.1, -0.05) is 54.1 Å². The highest BCUT2D eigenvalue weighted by molar-refractivity contribution is 7.89. The monoisotopic (exact) mass is 528 g/mol. The number of aromatic nitrogens is 2. The average Bonchev–Trinajstić information content (AvgIpc) is 3.51. The maximum absolute atomic E-state index is 13.6. The van der Waals surface area contributed by atoms with Crippen molar-refractivity contribution in [1.29, 1.82) is 0 Å². The third-order valence-electron chi connectivity index (χ3n) is 7.14. The van der Waals surface area contributed by atoms with Crippen molar-refractivity contribution in [2.75, 3.05) is 4.90 Å². The molecule has 196 valence electrons. The molecule has 1 unspecified atom stereocenters. The largest absolute Gasteiger partial charge is 0.337 e. The van der Waals surface area contributed by atoms with Gasteiger partial charge in [0.2, 0.25) is 15.9 Å². The predicted octanol–water partition coefficient (Wildman–Crippen LogP) is 4.86. The van der Waals surface area contributed by atoms with E-state index in [1.165, 1.54) is 0 Å². The van der Waals surface area contributed by atoms with Crippen LogP contribution in [0.25, 0.3) is 0 Å². The van der Waals surface area contributed by atoms with Gasteiger partial charge in [0.25, 0.3) is 0 Å². The van der Waals surface area contributed by atoms with Crippen molar-refractivity contribution in [1.82, 2.24) is 14.3 Å². The highest BCUT2D eigenvalue weighted by Crippen LogP contribution is 2.35. The van der Waals surface area contributed by atoms with E-state index in [0.29, 0.717) is 25.8 Å². The molecule has 1 heterocycles. The van der Waals surface area contributed by atoms with Gasteiger partial charge in [-0.2, -0.15) is 0 Å². The van der Waals surface area contributed by atoms with Crippen molar-refractivity contribution >= 4 is 21.6 Å². The van der Waals surface area contributed by atoms with E-state index < -0.39 is 10.0 Å². The van der Waals surface area contributed by atoms with Crippen LogP contribution in [-0.4, -0.2) is 23.9 Å². The molecule has 8 heteroatoms. The van der Waals surface area contributed by atoms with E-state index in [2.05, 4.69) is 9.71 Å². The predicted molar refractivity (Wildman–Crippen MR) is 148 cm³/mol. The van der Waals surface area contributed by atoms with Gasteiger partial charge in [0.15, 0.2) is 0 Å². The van der Waals surface area contributed by atoms with E-state index in [4.69, 9.17) is 0 Å². The van der Waals surface area contributed by atoms with E-state index >= 15 is 0 Å². The van der Waals surface area contributed by atoms with Crippen LogP contribution in [-0.2, 0) is 41.3 Å². The first-order valence-corrected chi connectivity index (χ1v) is 14.3. The molecule has 0 saturated carbocycles. The Morgan fingerprint density at radius 3 is 2.55 bits per heavy atom. The quantitative estimate of drug-likeness (QED) is 0.336. The second-order valence-corrected chi connectivity index (χ2v) is 11.5. The number of hydrogen-bond donors (Lipinski definition) is 1. The minimum atomic E-state index is -3.68. The Morgan fingerprint density at radius 2 is 1.84 bits per heavy atom. The minimum absolute atomic E-state index is 0.00779. The summed E-state index contributed by atoms with van der Waals surface area (Å²) in [6, 6.07) is 22.4. The maximum Gasteiger partial charge on any atom is 0.241 e. The maximum atomic E-state index is 13.6. The molecule has 3 aromatic carbocycles. The molecule has 0 radical (unpaired) electrons. The number of carbonyl (C=O) groups excluding carboxylic acids is 1. The molecule has 0 saturated heterocycles. The minimum Gasteiger partial charge on any atom is -0.337 e. The number of sulfonamides is 1. The Morgan fingerprint density at radius 1 is 1.08 bits per heavy atom. The van der Waals surface area contributed by atoms with Crippen LogP contribution >= 0.6 is 0 Å². The molecule has 0 bridgehead atoms. The van der Waals surface area contributed by atoms with Crippen molar-refractivity contribution in [3.63, 3.8) is 0 Å². The van der Waals surface area contributed by atoms with Crippen LogP contribution in [0.1, 0.15) is 47.0 Å². The number of nitrogens with zero attached hydrogens (tertiary/aromatic N) is 3. The van der Waals surface area contributed by atoms with Crippen molar-refractivity contribution in [3.8, 4) is 0 Å². The Bertz CT molecular complexity index is 1530. The Labute approximate surface area is 224 Å². The fraction of sp³-hybridized carbons (Fsp3) is 0.267. The number of imidazole rings is 1. The van der Waals surface area contributed by atoms with Crippen LogP contribution in [0.2, 0.25) is 0 Å². The summed E-state index contributed by atoms with van der Waals surface area (Å²) in [5.41, 5.74) is 4.87. The Hall–Kier alpha value is -3.75. The number of fused-ring (bicyclic) bond motifs is 1. The zero-order chi connectivity index (χ0) is 26.7. The van der Waals surface area contributed by atoms with Gasteiger partial charge in [-0.25, -0.2) is 18.1 Å². The van der Waals surface area contributed by atoms with E-state index in [-0.39, 0.29) is 16.8 Å². The molecule has 0 spiro atoms. The number of rotatable bonds is 9. The lowest BCUT2D eigenvalue weighted by atomic mass is 10.1. The van der Waals surface area contributed by atoms with Crippen LogP contribution in [0.4, 0.5) is 5.69 Å². The first-order chi connectivity index (χ1) is 18.3. The second kappa shape index (κ2) is 10.9. The molecule has 0 fully saturated rings. The molecule has 1 N–H and O–H groups in total. The zero-order valence-electron chi connectivity index (χ0n) is 21.7. The lowest BCUT2D eigenvalue weighted by Gasteiger charge is -2.24. The molecular formula is C30H32N4O3S. The van der Waals surface area contributed by atoms with Crippen LogP contribution < -0.4 is 9.62 Å². The summed E-state index contributed by atoms with van der Waals surface area (Å²) in [5, 5.41) is 0. The zero-order valence-corrected chi connectivity index (χ0v) is 22.5. The SMILES string of the molecule is Cc1ccc(S(=O)(=O)NC2CCc3ccc(N(Cc4nccn4C)C(=O)CCc4ccccc4)cc32)cc1. The average molecular weight is 529 g/mol. The fourth-order valence-electron chi connectivity index (χ4n) is 4.90. The number of amides is 1. The second-order valence-electron chi connectivity index (χ2n) is 9.83. The standard InChI is InChI=1S/C30H32N4O3S/c1-22-8-14-26(15-9-22)38(36,37)32-28-16-12-24-11-13-25(20-27(24)28)34(21-29-31-18-19-33(29)2)30(35)17-10-23-6-4-3-5-7-23/h3-9,11,13-15,18-20,28,32H,10,12,16-17,21H2,1-2H3. The summed E-state index contributed by atoms with van der Waals surface area (Å²) < 4.78 is 31.0. The summed E-state index contributed by atoms with van der Waals surface area (Å²) in [6.07, 6.45) is 6.03. The summed E-state index contributed by atoms with van der Waals surface area (Å²) >= 11 is 0. The third kappa shape index (κ3) is 5.71. The Kier molecular flexibility index (Phi) is 7.44. The van der Waals surface area contributed by atoms with Crippen molar-refractivity contribution in [2.24, 2.45) is 7.05 Å². The molecule has 1 aliphatic carbocycles. The van der Waals surface area contributed by atoms with Gasteiger partial charge in [0.05, 0.1) is 11.4 Å². The third-order valence-corrected chi connectivity index (χ3v) is 8.63. The van der Waals surface area contributed by atoms with Gasteiger partial charge in [0.1, 0.15) is 5.82 Å². The van der Waals surface area contributed by atoms with E-state index in [9.17, 15) is 13.2 Å². The van der Waals surface area contributed by atoms with Crippen LogP contribution in [0.5, 0.6) is 0 Å². The number of benzene rings is 3. The number of aryl methyl sites for hydroxylation is 4. The van der Waals surface area contributed by atoms with Gasteiger partial charge >= 0.3 is 0 Å². The number of hydrogen-bond acceptors (Lipinski definition) is 4. The topological polar surface area (TPSA) is 84.3 Å². The summed E-state index contributed by atoms with van der Waals surface area (Å²) in [7, 11) is -1.77. The molecular weight excluding hydrogens is 496 g/mol. The van der Waals surface area contributed by atoms with Crippen LogP contribution in [0, 0.1) is 6.92 Å². The van der Waals surface area contributed by atoms with Crippen molar-refractivity contribution in [3.05, 3.63) is 113 Å². The van der Waals surface area contributed by atoms with Crippen LogP contribution in [0.15, 0.2) is 90.1 Å². The Balaban J connectivity index is 1.41. The van der Waals surface area contributed by atoms with Crippen molar-refractivity contribution < 1.29 is 13.2 Å². The lowest BCUT2D eigenvalue weighted by Crippen LogP contribution is -2.32. The van der Waals surface area contributed by atoms with Gasteiger partial charge in [-0.05, 0) is 67.1 Å². The molecule has 0 aliphatic heterocycles. The van der Waals surface area contributed by atoms with Crippen molar-refractivity contribution in [2.45, 2.75) is 50.1 Å². The number of carbonyl (C=O) groups is 1. The van der Waals surface area contributed by atoms with E-state index in [1.54, 1.807) is 35.4 Å². The van der Waals surface area contributed by atoms with Gasteiger partial charge in [0, 0.05) is 37.6 Å². The number of anilines is 1. The molecule has 7 nitrogen and oxygen atoms in total. The van der Waals surface area contributed by atoms with Gasteiger partial charge < -0.3 is 9.47 Å². The normalized spacial score (nSPS) is 14.8. The van der Waals surface area contributed by atoms with E-state index in [1.807, 2.05) is 73.3 Å². The molecule has 4 aromatic rings. The molecule has 5 rings (SSSR count). The first kappa shape index (κ1) is 25.9. The summed E-state index contributed by atoms with van der Waals surface area (Å²) in [6.45, 7) is 2.26. The van der Waals surface area contributed by atoms with Gasteiger partial charge in [-0.3, -0.25) is 4.79 Å². The van der Waals surface area contributed by atoms with Gasteiger partial charge in [-0.15, -0.1) is 0 Å². The summed E-state index contributed by atoms with van der Waals surface area (Å²) in [4.78, 5) is 20.0. The highest BCUT2D eigenvalue weighted by Gasteiger charge is 2.29. The van der Waals surface area contributed by atoms with E-state index in [0.717, 1.165) is 40.2 Å². The number of nitrogens with one attached hydrogen (secondary N) is 1. The summed E-state index contributed by atoms with van der Waals surface area (Å²) in [5.74, 6) is 0.766. The molecule has 1 atom stereocenters. The highest BCUT2D eigenvalue weighted by atomic mass is 32.2. The fourth-order valence-corrected chi connectivity index (χ4v) is 6.15. The lowest BCUT2D eigenvalue weighted by molar-refractivity contribution is -0.118. The molecule has 1 aliphatic rings. The van der Waals surface area contributed by atoms with Crippen LogP contribution in [0.3, 0.4) is 0 Å². The first-order valence-electron chi connectivity index (χ1n) is 12.8. The molecule has 1 aromatic heterocycles. The smallest absolute Gasteiger partial charge is 0.241 e. The molecule has 38 heavy (non-hydrogen) atoms.